The number of amides is 1. The Morgan fingerprint density at radius 3 is 2.73 bits per heavy atom. The maximum Gasteiger partial charge on any atom is 0.266 e. The highest BCUT2D eigenvalue weighted by molar-refractivity contribution is 7.21. The van der Waals surface area contributed by atoms with Crippen molar-refractivity contribution in [1.82, 2.24) is 20.4 Å². The molecule has 0 bridgehead atoms. The highest BCUT2D eigenvalue weighted by Gasteiger charge is 2.33. The number of aryl methyl sites for hydroxylation is 2. The number of rotatable bonds is 3. The maximum absolute atomic E-state index is 12.6. The highest BCUT2D eigenvalue weighted by Crippen LogP contribution is 2.36. The number of likely N-dealkylation sites (tertiary alicyclic amines) is 1. The first-order valence-electron chi connectivity index (χ1n) is 7.11. The molecule has 1 saturated heterocycles. The van der Waals surface area contributed by atoms with Gasteiger partial charge in [-0.05, 0) is 26.3 Å². The van der Waals surface area contributed by atoms with Gasteiger partial charge in [0.05, 0.1) is 17.4 Å². The molecule has 1 aliphatic rings. The number of nitrogen functional groups attached to an aromatic ring is 1. The van der Waals surface area contributed by atoms with Crippen LogP contribution in [0.1, 0.15) is 27.9 Å². The Morgan fingerprint density at radius 2 is 2.09 bits per heavy atom. The van der Waals surface area contributed by atoms with E-state index in [2.05, 4.69) is 22.1 Å². The van der Waals surface area contributed by atoms with Gasteiger partial charge in [0.2, 0.25) is 0 Å². The smallest absolute Gasteiger partial charge is 0.266 e. The van der Waals surface area contributed by atoms with Gasteiger partial charge in [-0.2, -0.15) is 5.10 Å². The summed E-state index contributed by atoms with van der Waals surface area (Å²) in [5, 5.41) is 12.4. The van der Waals surface area contributed by atoms with Crippen molar-refractivity contribution in [3.8, 4) is 0 Å². The van der Waals surface area contributed by atoms with Gasteiger partial charge in [-0.15, -0.1) is 16.4 Å². The third-order valence-corrected chi connectivity index (χ3v) is 5.03. The number of hydrogen-bond donors (Lipinski definition) is 2. The molecule has 3 N–H and O–H groups in total. The molecule has 0 aliphatic carbocycles. The zero-order chi connectivity index (χ0) is 16.0. The fraction of sp³-hybridized carbons (Fsp3) is 0.400. The van der Waals surface area contributed by atoms with Crippen molar-refractivity contribution in [2.75, 3.05) is 18.8 Å². The average Bonchev–Trinajstić information content (AvgIpc) is 2.75. The van der Waals surface area contributed by atoms with E-state index in [0.717, 1.165) is 27.2 Å². The van der Waals surface area contributed by atoms with Crippen molar-refractivity contribution < 1.29 is 4.79 Å². The van der Waals surface area contributed by atoms with Crippen LogP contribution >= 0.6 is 11.3 Å². The third-order valence-electron chi connectivity index (χ3n) is 3.95. The van der Waals surface area contributed by atoms with Gasteiger partial charge >= 0.3 is 0 Å². The minimum absolute atomic E-state index is 0.0303. The van der Waals surface area contributed by atoms with Gasteiger partial charge in [0, 0.05) is 24.2 Å². The molecule has 3 rings (SSSR count). The number of aromatic nitrogens is 2. The van der Waals surface area contributed by atoms with E-state index in [1.165, 1.54) is 11.3 Å². The monoisotopic (exact) mass is 317 g/mol. The summed E-state index contributed by atoms with van der Waals surface area (Å²) in [4.78, 5) is 15.7. The summed E-state index contributed by atoms with van der Waals surface area (Å²) < 4.78 is 0. The summed E-state index contributed by atoms with van der Waals surface area (Å²) in [6, 6.07) is 0.279. The zero-order valence-electron chi connectivity index (χ0n) is 12.9. The van der Waals surface area contributed by atoms with E-state index in [4.69, 9.17) is 5.73 Å². The molecule has 116 valence electrons. The molecule has 0 saturated carbocycles. The lowest BCUT2D eigenvalue weighted by atomic mass is 10.1. The SMILES string of the molecule is C=C(C)NC1CN(C(=O)c2sc3nnc(C)c(C)c3c2N)C1. The summed E-state index contributed by atoms with van der Waals surface area (Å²) in [5.41, 5.74) is 9.48. The second-order valence-electron chi connectivity index (χ2n) is 5.77. The van der Waals surface area contributed by atoms with E-state index in [1.54, 1.807) is 4.90 Å². The minimum Gasteiger partial charge on any atom is -0.397 e. The number of carbonyl (C=O) groups excluding carboxylic acids is 1. The normalized spacial score (nSPS) is 15.0. The van der Waals surface area contributed by atoms with E-state index in [9.17, 15) is 4.79 Å². The molecule has 1 fully saturated rings. The molecule has 0 radical (unpaired) electrons. The van der Waals surface area contributed by atoms with E-state index in [1.807, 2.05) is 20.8 Å². The summed E-state index contributed by atoms with van der Waals surface area (Å²) >= 11 is 1.32. The van der Waals surface area contributed by atoms with Crippen molar-refractivity contribution >= 4 is 33.1 Å². The Bertz CT molecular complexity index is 776. The Kier molecular flexibility index (Phi) is 3.52. The molecule has 7 heteroatoms. The predicted molar refractivity (Wildman–Crippen MR) is 88.9 cm³/mol. The summed E-state index contributed by atoms with van der Waals surface area (Å²) in [6.07, 6.45) is 0. The fourth-order valence-electron chi connectivity index (χ4n) is 2.63. The van der Waals surface area contributed by atoms with Crippen molar-refractivity contribution in [3.63, 3.8) is 0 Å². The van der Waals surface area contributed by atoms with Crippen LogP contribution in [0.25, 0.3) is 10.2 Å². The molecule has 0 unspecified atom stereocenters. The van der Waals surface area contributed by atoms with E-state index in [-0.39, 0.29) is 11.9 Å². The first-order valence-corrected chi connectivity index (χ1v) is 7.93. The number of nitrogens with two attached hydrogens (primary N) is 1. The van der Waals surface area contributed by atoms with Crippen molar-refractivity contribution in [1.29, 1.82) is 0 Å². The first kappa shape index (κ1) is 14.8. The Morgan fingerprint density at radius 1 is 1.41 bits per heavy atom. The lowest BCUT2D eigenvalue weighted by Gasteiger charge is -2.40. The lowest BCUT2D eigenvalue weighted by molar-refractivity contribution is 0.0585. The van der Waals surface area contributed by atoms with Gasteiger partial charge in [0.15, 0.2) is 0 Å². The zero-order valence-corrected chi connectivity index (χ0v) is 13.8. The van der Waals surface area contributed by atoms with Gasteiger partial charge in [0.25, 0.3) is 5.91 Å². The number of anilines is 1. The number of carbonyl (C=O) groups is 1. The molecule has 2 aromatic heterocycles. The summed E-state index contributed by atoms with van der Waals surface area (Å²) in [6.45, 7) is 10.9. The molecular weight excluding hydrogens is 298 g/mol. The average molecular weight is 317 g/mol. The Hall–Kier alpha value is -2.15. The third kappa shape index (κ3) is 2.31. The van der Waals surface area contributed by atoms with Gasteiger partial charge < -0.3 is 16.0 Å². The largest absolute Gasteiger partial charge is 0.397 e. The maximum atomic E-state index is 12.6. The van der Waals surface area contributed by atoms with Crippen molar-refractivity contribution in [2.24, 2.45) is 0 Å². The number of fused-ring (bicyclic) bond motifs is 1. The standard InChI is InChI=1S/C15H19N5OS/c1-7(2)17-10-5-20(6-10)15(21)13-12(16)11-8(3)9(4)18-19-14(11)22-13/h10,17H,1,5-6,16H2,2-4H3. The number of hydrogen-bond acceptors (Lipinski definition) is 6. The van der Waals surface area contributed by atoms with Crippen LogP contribution in [0.5, 0.6) is 0 Å². The molecule has 22 heavy (non-hydrogen) atoms. The summed E-state index contributed by atoms with van der Waals surface area (Å²) in [5.74, 6) is -0.0303. The first-order chi connectivity index (χ1) is 10.4. The summed E-state index contributed by atoms with van der Waals surface area (Å²) in [7, 11) is 0. The van der Waals surface area contributed by atoms with E-state index in [0.29, 0.717) is 23.7 Å². The number of thiophene rings is 1. The van der Waals surface area contributed by atoms with E-state index >= 15 is 0 Å². The van der Waals surface area contributed by atoms with Crippen LogP contribution in [-0.2, 0) is 0 Å². The quantitative estimate of drug-likeness (QED) is 0.902. The van der Waals surface area contributed by atoms with Crippen LogP contribution in [0.15, 0.2) is 12.3 Å². The van der Waals surface area contributed by atoms with Gasteiger partial charge in [-0.25, -0.2) is 0 Å². The van der Waals surface area contributed by atoms with Gasteiger partial charge in [-0.3, -0.25) is 4.79 Å². The van der Waals surface area contributed by atoms with Crippen LogP contribution in [0.2, 0.25) is 0 Å². The number of nitrogens with zero attached hydrogens (tertiary/aromatic N) is 3. The van der Waals surface area contributed by atoms with Gasteiger partial charge in [-0.1, -0.05) is 6.58 Å². The molecule has 3 heterocycles. The van der Waals surface area contributed by atoms with Crippen LogP contribution in [0, 0.1) is 13.8 Å². The fourth-order valence-corrected chi connectivity index (χ4v) is 3.70. The molecule has 1 amide bonds. The Labute approximate surface area is 133 Å². The van der Waals surface area contributed by atoms with Crippen molar-refractivity contribution in [2.45, 2.75) is 26.8 Å². The lowest BCUT2D eigenvalue weighted by Crippen LogP contribution is -2.59. The highest BCUT2D eigenvalue weighted by atomic mass is 32.1. The van der Waals surface area contributed by atoms with Crippen LogP contribution in [0.4, 0.5) is 5.69 Å². The van der Waals surface area contributed by atoms with Crippen molar-refractivity contribution in [3.05, 3.63) is 28.4 Å². The minimum atomic E-state index is -0.0303. The molecule has 2 aromatic rings. The molecule has 0 atom stereocenters. The molecular formula is C15H19N5OS. The van der Waals surface area contributed by atoms with Crippen LogP contribution < -0.4 is 11.1 Å². The second kappa shape index (κ2) is 5.24. The second-order valence-corrected chi connectivity index (χ2v) is 6.77. The molecule has 0 aromatic carbocycles. The molecule has 0 spiro atoms. The number of nitrogens with one attached hydrogen (secondary N) is 1. The topological polar surface area (TPSA) is 84.1 Å². The van der Waals surface area contributed by atoms with Crippen LogP contribution in [-0.4, -0.2) is 40.1 Å². The Balaban J connectivity index is 1.86. The van der Waals surface area contributed by atoms with E-state index < -0.39 is 0 Å². The van der Waals surface area contributed by atoms with Gasteiger partial charge in [0.1, 0.15) is 9.71 Å². The molecule has 1 aliphatic heterocycles. The predicted octanol–water partition coefficient (Wildman–Crippen LogP) is 1.84. The molecule has 6 nitrogen and oxygen atoms in total. The van der Waals surface area contributed by atoms with Crippen LogP contribution in [0.3, 0.4) is 0 Å². The number of allylic oxidation sites excluding steroid dienone is 1.